The Bertz CT molecular complexity index is 517. The third-order valence-corrected chi connectivity index (χ3v) is 3.33. The van der Waals surface area contributed by atoms with Crippen molar-refractivity contribution in [3.05, 3.63) is 41.7 Å². The van der Waals surface area contributed by atoms with Gasteiger partial charge in [0.2, 0.25) is 11.8 Å². The molecule has 2 amide bonds. The zero-order chi connectivity index (χ0) is 14.5. The van der Waals surface area contributed by atoms with Crippen LogP contribution >= 0.6 is 0 Å². The molecule has 1 fully saturated rings. The third-order valence-electron chi connectivity index (χ3n) is 3.33. The van der Waals surface area contributed by atoms with Gasteiger partial charge in [-0.2, -0.15) is 0 Å². The van der Waals surface area contributed by atoms with Crippen LogP contribution in [-0.4, -0.2) is 47.8 Å². The van der Waals surface area contributed by atoms with Gasteiger partial charge in [0.05, 0.1) is 0 Å². The van der Waals surface area contributed by atoms with E-state index in [1.165, 1.54) is 25.1 Å². The van der Waals surface area contributed by atoms with Gasteiger partial charge in [0.1, 0.15) is 5.82 Å². The minimum absolute atomic E-state index is 0.0407. The average Bonchev–Trinajstić information content (AvgIpc) is 2.46. The van der Waals surface area contributed by atoms with Crippen LogP contribution < -0.4 is 0 Å². The quantitative estimate of drug-likeness (QED) is 0.769. The molecule has 0 atom stereocenters. The predicted octanol–water partition coefficient (Wildman–Crippen LogP) is 1.53. The van der Waals surface area contributed by atoms with Crippen LogP contribution in [0, 0.1) is 5.82 Å². The minimum atomic E-state index is -0.297. The van der Waals surface area contributed by atoms with Crippen molar-refractivity contribution < 1.29 is 14.0 Å². The highest BCUT2D eigenvalue weighted by Crippen LogP contribution is 2.07. The largest absolute Gasteiger partial charge is 0.339 e. The summed E-state index contributed by atoms with van der Waals surface area (Å²) in [6.07, 6.45) is 3.15. The lowest BCUT2D eigenvalue weighted by Gasteiger charge is -2.33. The summed E-state index contributed by atoms with van der Waals surface area (Å²) in [7, 11) is 0. The first-order valence-electron chi connectivity index (χ1n) is 6.54. The van der Waals surface area contributed by atoms with Gasteiger partial charge in [-0.05, 0) is 23.8 Å². The van der Waals surface area contributed by atoms with Crippen LogP contribution in [-0.2, 0) is 9.59 Å². The molecule has 1 saturated heterocycles. The van der Waals surface area contributed by atoms with Gasteiger partial charge in [0.25, 0.3) is 0 Å². The Labute approximate surface area is 117 Å². The Morgan fingerprint density at radius 1 is 1.05 bits per heavy atom. The van der Waals surface area contributed by atoms with E-state index in [4.69, 9.17) is 0 Å². The Balaban J connectivity index is 1.89. The zero-order valence-corrected chi connectivity index (χ0v) is 11.4. The SMILES string of the molecule is CC(=O)N1CCN(C(=O)/C=C/c2ccc(F)cc2)CC1. The fourth-order valence-electron chi connectivity index (χ4n) is 2.09. The van der Waals surface area contributed by atoms with Crippen molar-refractivity contribution in [3.8, 4) is 0 Å². The fourth-order valence-corrected chi connectivity index (χ4v) is 2.09. The van der Waals surface area contributed by atoms with Crippen molar-refractivity contribution in [1.82, 2.24) is 9.80 Å². The number of hydrogen-bond donors (Lipinski definition) is 0. The van der Waals surface area contributed by atoms with Crippen molar-refractivity contribution >= 4 is 17.9 Å². The van der Waals surface area contributed by atoms with Gasteiger partial charge in [-0.3, -0.25) is 9.59 Å². The summed E-state index contributed by atoms with van der Waals surface area (Å²) < 4.78 is 12.7. The fraction of sp³-hybridized carbons (Fsp3) is 0.333. The lowest BCUT2D eigenvalue weighted by Crippen LogP contribution is -2.49. The van der Waals surface area contributed by atoms with E-state index in [1.54, 1.807) is 28.0 Å². The molecule has 1 aromatic rings. The molecule has 1 heterocycles. The standard InChI is InChI=1S/C15H17FN2O2/c1-12(19)17-8-10-18(11-9-17)15(20)7-4-13-2-5-14(16)6-3-13/h2-7H,8-11H2,1H3/b7-4+. The summed E-state index contributed by atoms with van der Waals surface area (Å²) >= 11 is 0. The Morgan fingerprint density at radius 3 is 2.15 bits per heavy atom. The maximum absolute atomic E-state index is 12.7. The van der Waals surface area contributed by atoms with Crippen LogP contribution in [0.1, 0.15) is 12.5 Å². The highest BCUT2D eigenvalue weighted by Gasteiger charge is 2.20. The molecule has 5 heteroatoms. The van der Waals surface area contributed by atoms with Crippen molar-refractivity contribution in [2.75, 3.05) is 26.2 Å². The van der Waals surface area contributed by atoms with Crippen LogP contribution in [0.15, 0.2) is 30.3 Å². The van der Waals surface area contributed by atoms with E-state index in [2.05, 4.69) is 0 Å². The van der Waals surface area contributed by atoms with E-state index < -0.39 is 0 Å². The second-order valence-electron chi connectivity index (χ2n) is 4.72. The normalized spacial score (nSPS) is 15.7. The summed E-state index contributed by atoms with van der Waals surface area (Å²) in [6.45, 7) is 3.78. The van der Waals surface area contributed by atoms with Crippen molar-refractivity contribution in [2.24, 2.45) is 0 Å². The molecule has 1 aromatic carbocycles. The number of rotatable bonds is 2. The number of amides is 2. The number of carbonyl (C=O) groups is 2. The number of hydrogen-bond acceptors (Lipinski definition) is 2. The summed E-state index contributed by atoms with van der Waals surface area (Å²) in [5.74, 6) is -0.342. The summed E-state index contributed by atoms with van der Waals surface area (Å²) in [5.41, 5.74) is 0.780. The molecule has 0 N–H and O–H groups in total. The molecule has 0 unspecified atom stereocenters. The van der Waals surface area contributed by atoms with Crippen LogP contribution in [0.4, 0.5) is 4.39 Å². The summed E-state index contributed by atoms with van der Waals surface area (Å²) in [5, 5.41) is 0. The number of piperazine rings is 1. The van der Waals surface area contributed by atoms with Crippen molar-refractivity contribution in [1.29, 1.82) is 0 Å². The molecule has 1 aliphatic rings. The summed E-state index contributed by atoms with van der Waals surface area (Å²) in [4.78, 5) is 26.6. The van der Waals surface area contributed by atoms with Gasteiger partial charge in [-0.15, -0.1) is 0 Å². The first-order valence-corrected chi connectivity index (χ1v) is 6.54. The van der Waals surface area contributed by atoms with E-state index in [0.29, 0.717) is 26.2 Å². The van der Waals surface area contributed by atoms with Crippen LogP contribution in [0.5, 0.6) is 0 Å². The van der Waals surface area contributed by atoms with Gasteiger partial charge in [-0.1, -0.05) is 12.1 Å². The molecule has 1 aliphatic heterocycles. The number of carbonyl (C=O) groups excluding carboxylic acids is 2. The number of halogens is 1. The lowest BCUT2D eigenvalue weighted by atomic mass is 10.2. The topological polar surface area (TPSA) is 40.6 Å². The highest BCUT2D eigenvalue weighted by atomic mass is 19.1. The molecule has 0 radical (unpaired) electrons. The van der Waals surface area contributed by atoms with Crippen LogP contribution in [0.2, 0.25) is 0 Å². The third kappa shape index (κ3) is 3.66. The number of benzene rings is 1. The second kappa shape index (κ2) is 6.32. The monoisotopic (exact) mass is 276 g/mol. The Kier molecular flexibility index (Phi) is 4.50. The average molecular weight is 276 g/mol. The maximum Gasteiger partial charge on any atom is 0.246 e. The molecule has 0 aromatic heterocycles. The van der Waals surface area contributed by atoms with E-state index >= 15 is 0 Å². The Hall–Kier alpha value is -2.17. The van der Waals surface area contributed by atoms with Gasteiger partial charge in [0.15, 0.2) is 0 Å². The molecule has 0 aliphatic carbocycles. The molecular formula is C15H17FN2O2. The van der Waals surface area contributed by atoms with E-state index in [9.17, 15) is 14.0 Å². The van der Waals surface area contributed by atoms with Crippen LogP contribution in [0.3, 0.4) is 0 Å². The van der Waals surface area contributed by atoms with Gasteiger partial charge >= 0.3 is 0 Å². The van der Waals surface area contributed by atoms with E-state index in [-0.39, 0.29) is 17.6 Å². The first-order chi connectivity index (χ1) is 9.56. The lowest BCUT2D eigenvalue weighted by molar-refractivity contribution is -0.135. The smallest absolute Gasteiger partial charge is 0.246 e. The molecule has 0 bridgehead atoms. The molecule has 0 saturated carbocycles. The highest BCUT2D eigenvalue weighted by molar-refractivity contribution is 5.92. The predicted molar refractivity (Wildman–Crippen MR) is 74.3 cm³/mol. The second-order valence-corrected chi connectivity index (χ2v) is 4.72. The van der Waals surface area contributed by atoms with E-state index in [0.717, 1.165) is 5.56 Å². The van der Waals surface area contributed by atoms with Gasteiger partial charge in [0, 0.05) is 39.2 Å². The molecule has 0 spiro atoms. The van der Waals surface area contributed by atoms with Crippen LogP contribution in [0.25, 0.3) is 6.08 Å². The zero-order valence-electron chi connectivity index (χ0n) is 11.4. The first kappa shape index (κ1) is 14.2. The van der Waals surface area contributed by atoms with Crippen molar-refractivity contribution in [2.45, 2.75) is 6.92 Å². The number of nitrogens with zero attached hydrogens (tertiary/aromatic N) is 2. The molecule has 4 nitrogen and oxygen atoms in total. The van der Waals surface area contributed by atoms with Crippen molar-refractivity contribution in [3.63, 3.8) is 0 Å². The van der Waals surface area contributed by atoms with E-state index in [1.807, 2.05) is 0 Å². The summed E-state index contributed by atoms with van der Waals surface area (Å²) in [6, 6.07) is 5.95. The molecule has 20 heavy (non-hydrogen) atoms. The molecule has 2 rings (SSSR count). The molecular weight excluding hydrogens is 259 g/mol. The minimum Gasteiger partial charge on any atom is -0.339 e. The van der Waals surface area contributed by atoms with Gasteiger partial charge < -0.3 is 9.80 Å². The Morgan fingerprint density at radius 2 is 1.60 bits per heavy atom. The van der Waals surface area contributed by atoms with Gasteiger partial charge in [-0.25, -0.2) is 4.39 Å². The molecule has 106 valence electrons. The maximum atomic E-state index is 12.7.